The molecule has 0 heterocycles. The first-order valence-corrected chi connectivity index (χ1v) is 7.06. The fraction of sp³-hybridized carbons (Fsp3) is 0.533. The zero-order valence-corrected chi connectivity index (χ0v) is 12.9. The molecule has 0 radical (unpaired) electrons. The van der Waals surface area contributed by atoms with Gasteiger partial charge < -0.3 is 10.6 Å². The Bertz CT molecular complexity index is 434. The molecule has 19 heavy (non-hydrogen) atoms. The minimum absolute atomic E-state index is 0.100. The Morgan fingerprint density at radius 1 is 1.21 bits per heavy atom. The first kappa shape index (κ1) is 15.9. The molecule has 1 rings (SSSR count). The molecule has 1 aromatic rings. The summed E-state index contributed by atoms with van der Waals surface area (Å²) in [6, 6.07) is 5.09. The summed E-state index contributed by atoms with van der Waals surface area (Å²) in [5, 5.41) is 0. The molecule has 0 amide bonds. The molecular weight excluding hydrogens is 259 g/mol. The van der Waals surface area contributed by atoms with Gasteiger partial charge in [-0.1, -0.05) is 39.9 Å². The molecular formula is C15H23FN2S. The van der Waals surface area contributed by atoms with Crippen molar-refractivity contribution in [1.29, 1.82) is 0 Å². The monoisotopic (exact) mass is 282 g/mol. The summed E-state index contributed by atoms with van der Waals surface area (Å²) in [5.41, 5.74) is 6.68. The molecule has 0 atom stereocenters. The van der Waals surface area contributed by atoms with Crippen LogP contribution in [0.3, 0.4) is 0 Å². The summed E-state index contributed by atoms with van der Waals surface area (Å²) >= 11 is 4.82. The van der Waals surface area contributed by atoms with Gasteiger partial charge in [-0.05, 0) is 30.0 Å². The third-order valence-corrected chi connectivity index (χ3v) is 2.97. The van der Waals surface area contributed by atoms with Crippen molar-refractivity contribution in [1.82, 2.24) is 0 Å². The molecule has 4 heteroatoms. The van der Waals surface area contributed by atoms with Crippen LogP contribution >= 0.6 is 12.2 Å². The third-order valence-electron chi connectivity index (χ3n) is 2.75. The van der Waals surface area contributed by atoms with Crippen molar-refractivity contribution in [2.24, 2.45) is 17.6 Å². The number of anilines is 1. The lowest BCUT2D eigenvalue weighted by molar-refractivity contribution is 0.550. The van der Waals surface area contributed by atoms with E-state index in [1.807, 2.05) is 6.07 Å². The third kappa shape index (κ3) is 4.78. The molecule has 2 N–H and O–H groups in total. The highest BCUT2D eigenvalue weighted by Crippen LogP contribution is 2.21. The van der Waals surface area contributed by atoms with Crippen LogP contribution in [-0.4, -0.2) is 18.1 Å². The average molecular weight is 282 g/mol. The van der Waals surface area contributed by atoms with Gasteiger partial charge in [0.15, 0.2) is 0 Å². The van der Waals surface area contributed by atoms with Crippen molar-refractivity contribution < 1.29 is 4.39 Å². The Morgan fingerprint density at radius 2 is 1.74 bits per heavy atom. The van der Waals surface area contributed by atoms with Crippen LogP contribution < -0.4 is 10.6 Å². The Morgan fingerprint density at radius 3 is 2.11 bits per heavy atom. The Balaban J connectivity index is 3.02. The highest BCUT2D eigenvalue weighted by Gasteiger charge is 2.13. The number of benzene rings is 1. The second-order valence-corrected chi connectivity index (χ2v) is 6.16. The smallest absolute Gasteiger partial charge is 0.135 e. The van der Waals surface area contributed by atoms with E-state index in [0.717, 1.165) is 18.8 Å². The van der Waals surface area contributed by atoms with E-state index in [1.165, 1.54) is 6.07 Å². The number of nitrogens with two attached hydrogens (primary N) is 1. The number of rotatable bonds is 6. The molecule has 0 fully saturated rings. The zero-order chi connectivity index (χ0) is 14.6. The van der Waals surface area contributed by atoms with Gasteiger partial charge in [0.2, 0.25) is 0 Å². The van der Waals surface area contributed by atoms with Crippen LogP contribution in [0.25, 0.3) is 0 Å². The predicted molar refractivity (Wildman–Crippen MR) is 84.2 cm³/mol. The highest BCUT2D eigenvalue weighted by atomic mass is 32.1. The van der Waals surface area contributed by atoms with E-state index in [1.54, 1.807) is 6.07 Å². The topological polar surface area (TPSA) is 29.3 Å². The lowest BCUT2D eigenvalue weighted by Gasteiger charge is -2.28. The largest absolute Gasteiger partial charge is 0.389 e. The molecule has 0 saturated heterocycles. The van der Waals surface area contributed by atoms with Crippen LogP contribution in [0.4, 0.5) is 10.1 Å². The van der Waals surface area contributed by atoms with Gasteiger partial charge in [0, 0.05) is 24.3 Å². The molecule has 0 bridgehead atoms. The van der Waals surface area contributed by atoms with Crippen molar-refractivity contribution in [3.05, 3.63) is 29.6 Å². The molecule has 0 saturated carbocycles. The number of hydrogen-bond acceptors (Lipinski definition) is 2. The number of nitrogens with zero attached hydrogens (tertiary/aromatic N) is 1. The maximum absolute atomic E-state index is 13.9. The van der Waals surface area contributed by atoms with Crippen LogP contribution in [0.2, 0.25) is 0 Å². The second-order valence-electron chi connectivity index (χ2n) is 5.72. The maximum Gasteiger partial charge on any atom is 0.135 e. The van der Waals surface area contributed by atoms with Crippen molar-refractivity contribution in [2.75, 3.05) is 18.0 Å². The predicted octanol–water partition coefficient (Wildman–Crippen LogP) is 3.58. The minimum atomic E-state index is -0.345. The van der Waals surface area contributed by atoms with Gasteiger partial charge in [0.05, 0.1) is 0 Å². The lowest BCUT2D eigenvalue weighted by Crippen LogP contribution is -2.31. The van der Waals surface area contributed by atoms with Crippen LogP contribution in [0.1, 0.15) is 33.3 Å². The SMILES string of the molecule is CC(C)CN(CC(C)C)c1ccc(C(N)=S)c(F)c1. The summed E-state index contributed by atoms with van der Waals surface area (Å²) in [6.45, 7) is 10.5. The quantitative estimate of drug-likeness (QED) is 0.809. The van der Waals surface area contributed by atoms with E-state index in [9.17, 15) is 4.39 Å². The van der Waals surface area contributed by atoms with Crippen LogP contribution in [0.15, 0.2) is 18.2 Å². The van der Waals surface area contributed by atoms with Crippen molar-refractivity contribution in [2.45, 2.75) is 27.7 Å². The van der Waals surface area contributed by atoms with Gasteiger partial charge in [-0.3, -0.25) is 0 Å². The van der Waals surface area contributed by atoms with Crippen molar-refractivity contribution >= 4 is 22.9 Å². The fourth-order valence-electron chi connectivity index (χ4n) is 2.07. The van der Waals surface area contributed by atoms with Gasteiger partial charge in [-0.15, -0.1) is 0 Å². The fourth-order valence-corrected chi connectivity index (χ4v) is 2.23. The highest BCUT2D eigenvalue weighted by molar-refractivity contribution is 7.80. The van der Waals surface area contributed by atoms with Crippen molar-refractivity contribution in [3.8, 4) is 0 Å². The molecule has 0 aliphatic rings. The van der Waals surface area contributed by atoms with Crippen molar-refractivity contribution in [3.63, 3.8) is 0 Å². The summed E-state index contributed by atoms with van der Waals surface area (Å²) in [5.74, 6) is 0.705. The van der Waals surface area contributed by atoms with E-state index in [-0.39, 0.29) is 10.8 Å². The molecule has 1 aromatic carbocycles. The normalized spacial score (nSPS) is 11.1. The number of halogens is 1. The molecule has 0 aliphatic carbocycles. The van der Waals surface area contributed by atoms with Gasteiger partial charge >= 0.3 is 0 Å². The van der Waals surface area contributed by atoms with E-state index < -0.39 is 0 Å². The lowest BCUT2D eigenvalue weighted by atomic mass is 10.1. The maximum atomic E-state index is 13.9. The van der Waals surface area contributed by atoms with E-state index in [2.05, 4.69) is 32.6 Å². The van der Waals surface area contributed by atoms with Crippen LogP contribution in [0, 0.1) is 17.7 Å². The second kappa shape index (κ2) is 6.85. The van der Waals surface area contributed by atoms with Gasteiger partial charge in [0.1, 0.15) is 10.8 Å². The molecule has 0 spiro atoms. The average Bonchev–Trinajstić information content (AvgIpc) is 2.26. The molecule has 0 unspecified atom stereocenters. The summed E-state index contributed by atoms with van der Waals surface area (Å²) in [6.07, 6.45) is 0. The Hall–Kier alpha value is -1.16. The Labute approximate surface area is 120 Å². The van der Waals surface area contributed by atoms with E-state index >= 15 is 0 Å². The molecule has 0 aromatic heterocycles. The van der Waals surface area contributed by atoms with Crippen LogP contribution in [0.5, 0.6) is 0 Å². The molecule has 2 nitrogen and oxygen atoms in total. The summed E-state index contributed by atoms with van der Waals surface area (Å²) in [4.78, 5) is 2.31. The Kier molecular flexibility index (Phi) is 5.73. The summed E-state index contributed by atoms with van der Waals surface area (Å²) < 4.78 is 13.9. The van der Waals surface area contributed by atoms with Gasteiger partial charge in [-0.2, -0.15) is 0 Å². The first-order valence-electron chi connectivity index (χ1n) is 6.65. The minimum Gasteiger partial charge on any atom is -0.389 e. The first-order chi connectivity index (χ1) is 8.81. The van der Waals surface area contributed by atoms with Gasteiger partial charge in [0.25, 0.3) is 0 Å². The van der Waals surface area contributed by atoms with Gasteiger partial charge in [-0.25, -0.2) is 4.39 Å². The van der Waals surface area contributed by atoms with E-state index in [0.29, 0.717) is 17.4 Å². The number of thiocarbonyl (C=S) groups is 1. The number of hydrogen-bond donors (Lipinski definition) is 1. The molecule has 0 aliphatic heterocycles. The molecule has 106 valence electrons. The zero-order valence-electron chi connectivity index (χ0n) is 12.1. The van der Waals surface area contributed by atoms with E-state index in [4.69, 9.17) is 18.0 Å². The summed E-state index contributed by atoms with van der Waals surface area (Å²) in [7, 11) is 0. The standard InChI is InChI=1S/C15H23FN2S/c1-10(2)8-18(9-11(3)4)12-5-6-13(15(17)19)14(16)7-12/h5-7,10-11H,8-9H2,1-4H3,(H2,17,19). The van der Waals surface area contributed by atoms with Crippen LogP contribution in [-0.2, 0) is 0 Å².